The number of hydrogen-bond acceptors (Lipinski definition) is 5. The van der Waals surface area contributed by atoms with Crippen LogP contribution >= 0.6 is 27.3 Å². The Morgan fingerprint density at radius 3 is 3.00 bits per heavy atom. The van der Waals surface area contributed by atoms with Gasteiger partial charge >= 0.3 is 0 Å². The van der Waals surface area contributed by atoms with Gasteiger partial charge in [0.1, 0.15) is 16.2 Å². The van der Waals surface area contributed by atoms with Crippen LogP contribution in [-0.4, -0.2) is 21.5 Å². The molecule has 0 aliphatic heterocycles. The van der Waals surface area contributed by atoms with Crippen LogP contribution in [0.2, 0.25) is 0 Å². The Morgan fingerprint density at radius 2 is 2.28 bits per heavy atom. The van der Waals surface area contributed by atoms with Crippen molar-refractivity contribution in [3.05, 3.63) is 33.1 Å². The smallest absolute Gasteiger partial charge is 0.135 e. The highest BCUT2D eigenvalue weighted by Crippen LogP contribution is 2.38. The molecule has 6 heteroatoms. The summed E-state index contributed by atoms with van der Waals surface area (Å²) in [6.07, 6.45) is 5.20. The first-order valence-electron chi connectivity index (χ1n) is 5.98. The lowest BCUT2D eigenvalue weighted by Crippen LogP contribution is -2.08. The highest BCUT2D eigenvalue weighted by Gasteiger charge is 2.27. The zero-order chi connectivity index (χ0) is 12.4. The topological polar surface area (TPSA) is 50.7 Å². The van der Waals surface area contributed by atoms with Crippen molar-refractivity contribution in [1.82, 2.24) is 15.0 Å². The predicted octanol–water partition coefficient (Wildman–Crippen LogP) is 3.23. The van der Waals surface area contributed by atoms with Crippen molar-refractivity contribution in [2.45, 2.75) is 25.2 Å². The second kappa shape index (κ2) is 5.32. The fourth-order valence-corrected chi connectivity index (χ4v) is 2.74. The van der Waals surface area contributed by atoms with E-state index in [1.54, 1.807) is 11.3 Å². The lowest BCUT2D eigenvalue weighted by atomic mass is 10.4. The van der Waals surface area contributed by atoms with Gasteiger partial charge in [0.25, 0.3) is 0 Å². The van der Waals surface area contributed by atoms with E-state index in [1.165, 1.54) is 12.8 Å². The zero-order valence-corrected chi connectivity index (χ0v) is 12.2. The van der Waals surface area contributed by atoms with Gasteiger partial charge in [0.05, 0.1) is 5.01 Å². The maximum Gasteiger partial charge on any atom is 0.135 e. The fourth-order valence-electron chi connectivity index (χ4n) is 1.72. The Kier molecular flexibility index (Phi) is 3.56. The number of rotatable bonds is 5. The molecule has 0 unspecified atom stereocenters. The third-order valence-corrected chi connectivity index (χ3v) is 4.03. The molecule has 3 rings (SSSR count). The summed E-state index contributed by atoms with van der Waals surface area (Å²) in [4.78, 5) is 13.2. The molecule has 0 amide bonds. The van der Waals surface area contributed by atoms with E-state index in [1.807, 2.05) is 17.6 Å². The minimum Gasteiger partial charge on any atom is -0.370 e. The molecule has 0 bridgehead atoms. The van der Waals surface area contributed by atoms with E-state index in [-0.39, 0.29) is 0 Å². The van der Waals surface area contributed by atoms with Crippen molar-refractivity contribution in [2.75, 3.05) is 11.9 Å². The van der Waals surface area contributed by atoms with Crippen molar-refractivity contribution in [3.63, 3.8) is 0 Å². The quantitative estimate of drug-likeness (QED) is 0.858. The van der Waals surface area contributed by atoms with E-state index in [9.17, 15) is 0 Å². The Balaban J connectivity index is 1.61. The van der Waals surface area contributed by atoms with Gasteiger partial charge in [-0.05, 0) is 28.8 Å². The Labute approximate surface area is 118 Å². The average Bonchev–Trinajstić information content (AvgIpc) is 3.08. The molecule has 0 atom stereocenters. The van der Waals surface area contributed by atoms with Gasteiger partial charge < -0.3 is 5.32 Å². The van der Waals surface area contributed by atoms with Crippen LogP contribution in [0.1, 0.15) is 29.6 Å². The largest absolute Gasteiger partial charge is 0.370 e. The predicted molar refractivity (Wildman–Crippen MR) is 76.0 cm³/mol. The molecule has 94 valence electrons. The van der Waals surface area contributed by atoms with E-state index in [2.05, 4.69) is 36.2 Å². The molecule has 1 aliphatic carbocycles. The molecule has 4 nitrogen and oxygen atoms in total. The minimum absolute atomic E-state index is 0.571. The molecule has 0 saturated heterocycles. The van der Waals surface area contributed by atoms with Crippen LogP contribution < -0.4 is 5.32 Å². The summed E-state index contributed by atoms with van der Waals surface area (Å²) in [5, 5.41) is 6.49. The van der Waals surface area contributed by atoms with Gasteiger partial charge in [-0.25, -0.2) is 15.0 Å². The Bertz CT molecular complexity index is 525. The zero-order valence-electron chi connectivity index (χ0n) is 9.77. The molecular weight excluding hydrogens is 312 g/mol. The van der Waals surface area contributed by atoms with Crippen LogP contribution in [0.3, 0.4) is 0 Å². The third-order valence-electron chi connectivity index (χ3n) is 2.78. The van der Waals surface area contributed by atoms with Crippen molar-refractivity contribution in [2.24, 2.45) is 0 Å². The van der Waals surface area contributed by atoms with Crippen LogP contribution in [-0.2, 0) is 6.42 Å². The van der Waals surface area contributed by atoms with Crippen molar-refractivity contribution in [3.8, 4) is 0 Å². The second-order valence-electron chi connectivity index (χ2n) is 4.31. The molecule has 1 saturated carbocycles. The molecule has 2 heterocycles. The molecule has 18 heavy (non-hydrogen) atoms. The second-order valence-corrected chi connectivity index (χ2v) is 6.10. The van der Waals surface area contributed by atoms with Crippen molar-refractivity contribution >= 4 is 33.1 Å². The Hall–Kier alpha value is -1.01. The molecule has 0 radical (unpaired) electrons. The molecule has 1 N–H and O–H groups in total. The van der Waals surface area contributed by atoms with Gasteiger partial charge in [-0.2, -0.15) is 0 Å². The maximum atomic E-state index is 4.55. The molecule has 1 aliphatic rings. The van der Waals surface area contributed by atoms with Crippen molar-refractivity contribution < 1.29 is 0 Å². The van der Waals surface area contributed by atoms with E-state index >= 15 is 0 Å². The summed E-state index contributed by atoms with van der Waals surface area (Å²) in [6.45, 7) is 0.848. The van der Waals surface area contributed by atoms with E-state index in [0.29, 0.717) is 5.92 Å². The summed E-state index contributed by atoms with van der Waals surface area (Å²) in [7, 11) is 0. The lowest BCUT2D eigenvalue weighted by molar-refractivity contribution is 0.903. The number of aromatic nitrogens is 3. The van der Waals surface area contributed by atoms with Crippen LogP contribution in [0, 0.1) is 0 Å². The Morgan fingerprint density at radius 1 is 1.39 bits per heavy atom. The highest BCUT2D eigenvalue weighted by atomic mass is 79.9. The summed E-state index contributed by atoms with van der Waals surface area (Å²) in [6, 6.07) is 1.92. The van der Waals surface area contributed by atoms with Crippen molar-refractivity contribution in [1.29, 1.82) is 0 Å². The van der Waals surface area contributed by atoms with E-state index in [4.69, 9.17) is 0 Å². The SMILES string of the molecule is Brc1cc(NCCc2nccs2)nc(C2CC2)n1. The number of thiazole rings is 1. The normalized spacial score (nSPS) is 14.7. The molecule has 2 aromatic rings. The summed E-state index contributed by atoms with van der Waals surface area (Å²) >= 11 is 5.12. The van der Waals surface area contributed by atoms with Gasteiger partial charge in [0.15, 0.2) is 0 Å². The number of halogens is 1. The van der Waals surface area contributed by atoms with Crippen LogP contribution in [0.4, 0.5) is 5.82 Å². The van der Waals surface area contributed by atoms with Gasteiger partial charge in [0, 0.05) is 36.5 Å². The third kappa shape index (κ3) is 3.05. The number of nitrogens with one attached hydrogen (secondary N) is 1. The summed E-state index contributed by atoms with van der Waals surface area (Å²) in [5.74, 6) is 2.43. The number of nitrogens with zero attached hydrogens (tertiary/aromatic N) is 3. The van der Waals surface area contributed by atoms with Gasteiger partial charge in [-0.3, -0.25) is 0 Å². The number of hydrogen-bond donors (Lipinski definition) is 1. The van der Waals surface area contributed by atoms with Gasteiger partial charge in [-0.1, -0.05) is 0 Å². The van der Waals surface area contributed by atoms with Gasteiger partial charge in [0.2, 0.25) is 0 Å². The van der Waals surface area contributed by atoms with Crippen LogP contribution in [0.15, 0.2) is 22.2 Å². The molecule has 1 fully saturated rings. The lowest BCUT2D eigenvalue weighted by Gasteiger charge is -2.06. The summed E-state index contributed by atoms with van der Waals surface area (Å²) < 4.78 is 0.858. The van der Waals surface area contributed by atoms with E-state index < -0.39 is 0 Å². The maximum absolute atomic E-state index is 4.55. The van der Waals surface area contributed by atoms with Gasteiger partial charge in [-0.15, -0.1) is 11.3 Å². The van der Waals surface area contributed by atoms with E-state index in [0.717, 1.165) is 34.2 Å². The number of anilines is 1. The molecule has 2 aromatic heterocycles. The first-order valence-corrected chi connectivity index (χ1v) is 7.65. The van der Waals surface area contributed by atoms with Crippen LogP contribution in [0.5, 0.6) is 0 Å². The standard InChI is InChI=1S/C12H13BrN4S/c13-9-7-10(17-12(16-9)8-1-2-8)14-4-3-11-15-5-6-18-11/h5-8H,1-4H2,(H,14,16,17). The molecule has 0 aromatic carbocycles. The fraction of sp³-hybridized carbons (Fsp3) is 0.417. The first-order chi connectivity index (χ1) is 8.81. The monoisotopic (exact) mass is 324 g/mol. The highest BCUT2D eigenvalue weighted by molar-refractivity contribution is 9.10. The summed E-state index contributed by atoms with van der Waals surface area (Å²) in [5.41, 5.74) is 0. The average molecular weight is 325 g/mol. The molecular formula is C12H13BrN4S. The van der Waals surface area contributed by atoms with Crippen LogP contribution in [0.25, 0.3) is 0 Å². The first kappa shape index (κ1) is 12.0. The molecule has 0 spiro atoms. The minimum atomic E-state index is 0.571.